The normalized spacial score (nSPS) is 10.4. The van der Waals surface area contributed by atoms with Gasteiger partial charge in [0.15, 0.2) is 0 Å². The number of thiophene rings is 1. The number of nitrogens with zero attached hydrogens (tertiary/aromatic N) is 2. The van der Waals surface area contributed by atoms with Crippen molar-refractivity contribution in [2.45, 2.75) is 12.8 Å². The molecule has 17 heavy (non-hydrogen) atoms. The van der Waals surface area contributed by atoms with Crippen LogP contribution in [-0.4, -0.2) is 27.6 Å². The minimum Gasteiger partial charge on any atom is -0.397 e. The summed E-state index contributed by atoms with van der Waals surface area (Å²) in [7, 11) is 0. The predicted molar refractivity (Wildman–Crippen MR) is 65.8 cm³/mol. The Labute approximate surface area is 102 Å². The van der Waals surface area contributed by atoms with E-state index in [-0.39, 0.29) is 5.91 Å². The van der Waals surface area contributed by atoms with Crippen molar-refractivity contribution >= 4 is 22.9 Å². The Morgan fingerprint density at radius 3 is 3.12 bits per heavy atom. The highest BCUT2D eigenvalue weighted by molar-refractivity contribution is 7.12. The minimum absolute atomic E-state index is 0.116. The molecular weight excluding hydrogens is 238 g/mol. The molecule has 0 aromatic carbocycles. The molecule has 2 aromatic heterocycles. The van der Waals surface area contributed by atoms with Crippen molar-refractivity contribution in [3.05, 3.63) is 28.5 Å². The molecule has 0 unspecified atom stereocenters. The molecular formula is C10H13N5OS. The lowest BCUT2D eigenvalue weighted by molar-refractivity contribution is 0.0958. The molecule has 2 rings (SSSR count). The lowest BCUT2D eigenvalue weighted by atomic mass is 10.3. The number of hydrogen-bond donors (Lipinski definition) is 3. The number of aryl methyl sites for hydroxylation is 1. The van der Waals surface area contributed by atoms with Crippen molar-refractivity contribution in [1.82, 2.24) is 20.5 Å². The van der Waals surface area contributed by atoms with Gasteiger partial charge in [0.1, 0.15) is 17.0 Å². The van der Waals surface area contributed by atoms with E-state index < -0.39 is 0 Å². The van der Waals surface area contributed by atoms with E-state index in [1.807, 2.05) is 0 Å². The largest absolute Gasteiger partial charge is 0.397 e. The van der Waals surface area contributed by atoms with Crippen molar-refractivity contribution in [3.63, 3.8) is 0 Å². The number of rotatable bonds is 5. The van der Waals surface area contributed by atoms with E-state index in [2.05, 4.69) is 20.5 Å². The average molecular weight is 251 g/mol. The summed E-state index contributed by atoms with van der Waals surface area (Å²) in [5.41, 5.74) is 6.18. The number of anilines is 1. The van der Waals surface area contributed by atoms with Crippen molar-refractivity contribution in [1.29, 1.82) is 0 Å². The van der Waals surface area contributed by atoms with E-state index in [4.69, 9.17) is 5.73 Å². The van der Waals surface area contributed by atoms with Gasteiger partial charge in [-0.15, -0.1) is 11.3 Å². The molecule has 0 saturated carbocycles. The van der Waals surface area contributed by atoms with Crippen LogP contribution in [0.5, 0.6) is 0 Å². The average Bonchev–Trinajstić information content (AvgIpc) is 2.95. The van der Waals surface area contributed by atoms with Gasteiger partial charge in [-0.05, 0) is 17.9 Å². The molecule has 0 spiro atoms. The van der Waals surface area contributed by atoms with E-state index in [9.17, 15) is 4.79 Å². The Balaban J connectivity index is 1.72. The molecule has 4 N–H and O–H groups in total. The van der Waals surface area contributed by atoms with Crippen LogP contribution in [-0.2, 0) is 6.42 Å². The highest BCUT2D eigenvalue weighted by Crippen LogP contribution is 2.18. The third-order valence-electron chi connectivity index (χ3n) is 2.24. The molecule has 0 atom stereocenters. The Morgan fingerprint density at radius 2 is 2.47 bits per heavy atom. The van der Waals surface area contributed by atoms with Crippen molar-refractivity contribution < 1.29 is 4.79 Å². The van der Waals surface area contributed by atoms with Crippen molar-refractivity contribution in [2.24, 2.45) is 0 Å². The molecule has 0 bridgehead atoms. The molecule has 0 aliphatic carbocycles. The van der Waals surface area contributed by atoms with E-state index >= 15 is 0 Å². The molecule has 0 radical (unpaired) electrons. The van der Waals surface area contributed by atoms with Crippen LogP contribution >= 0.6 is 11.3 Å². The summed E-state index contributed by atoms with van der Waals surface area (Å²) >= 11 is 1.35. The van der Waals surface area contributed by atoms with Crippen LogP contribution in [0, 0.1) is 0 Å². The second kappa shape index (κ2) is 5.44. The van der Waals surface area contributed by atoms with Gasteiger partial charge < -0.3 is 11.1 Å². The number of H-pyrrole nitrogens is 1. The van der Waals surface area contributed by atoms with E-state index in [1.165, 1.54) is 17.7 Å². The Hall–Kier alpha value is -1.89. The molecule has 7 heteroatoms. The van der Waals surface area contributed by atoms with Crippen LogP contribution in [0.1, 0.15) is 21.9 Å². The zero-order valence-electron chi connectivity index (χ0n) is 9.14. The summed E-state index contributed by atoms with van der Waals surface area (Å²) in [6.45, 7) is 0.594. The maximum absolute atomic E-state index is 11.7. The highest BCUT2D eigenvalue weighted by atomic mass is 32.1. The van der Waals surface area contributed by atoms with Crippen molar-refractivity contribution in [3.8, 4) is 0 Å². The fraction of sp³-hybridized carbons (Fsp3) is 0.300. The molecule has 0 fully saturated rings. The Morgan fingerprint density at radius 1 is 1.59 bits per heavy atom. The molecule has 0 aliphatic rings. The monoisotopic (exact) mass is 251 g/mol. The highest BCUT2D eigenvalue weighted by Gasteiger charge is 2.09. The fourth-order valence-electron chi connectivity index (χ4n) is 1.39. The standard InChI is InChI=1S/C10H13N5OS/c11-7-3-5-17-9(7)10(16)12-4-1-2-8-13-6-14-15-8/h3,5-6H,1-2,4,11H2,(H,12,16)(H,13,14,15). The SMILES string of the molecule is Nc1ccsc1C(=O)NCCCc1ncn[nH]1. The summed E-state index contributed by atoms with van der Waals surface area (Å²) in [6, 6.07) is 1.73. The number of carbonyl (C=O) groups is 1. The van der Waals surface area contributed by atoms with Gasteiger partial charge in [-0.2, -0.15) is 5.10 Å². The van der Waals surface area contributed by atoms with Gasteiger partial charge in [-0.25, -0.2) is 4.98 Å². The first-order chi connectivity index (χ1) is 8.27. The van der Waals surface area contributed by atoms with Gasteiger partial charge in [0.25, 0.3) is 5.91 Å². The zero-order valence-corrected chi connectivity index (χ0v) is 9.96. The van der Waals surface area contributed by atoms with Crippen LogP contribution in [0.4, 0.5) is 5.69 Å². The van der Waals surface area contributed by atoms with Gasteiger partial charge in [-0.3, -0.25) is 9.89 Å². The quantitative estimate of drug-likeness (QED) is 0.685. The number of nitrogen functional groups attached to an aromatic ring is 1. The number of carbonyl (C=O) groups excluding carboxylic acids is 1. The smallest absolute Gasteiger partial charge is 0.263 e. The second-order valence-electron chi connectivity index (χ2n) is 3.50. The van der Waals surface area contributed by atoms with Gasteiger partial charge >= 0.3 is 0 Å². The number of amides is 1. The summed E-state index contributed by atoms with van der Waals surface area (Å²) in [5, 5.41) is 11.1. The Bertz CT molecular complexity index is 479. The first-order valence-electron chi connectivity index (χ1n) is 5.23. The number of nitrogens with two attached hydrogens (primary N) is 1. The molecule has 6 nitrogen and oxygen atoms in total. The lowest BCUT2D eigenvalue weighted by Crippen LogP contribution is -2.24. The van der Waals surface area contributed by atoms with Crippen LogP contribution < -0.4 is 11.1 Å². The topological polar surface area (TPSA) is 96.7 Å². The van der Waals surface area contributed by atoms with Crippen molar-refractivity contribution in [2.75, 3.05) is 12.3 Å². The number of aromatic amines is 1. The molecule has 1 amide bonds. The first-order valence-corrected chi connectivity index (χ1v) is 6.11. The second-order valence-corrected chi connectivity index (χ2v) is 4.41. The summed E-state index contributed by atoms with van der Waals surface area (Å²) < 4.78 is 0. The van der Waals surface area contributed by atoms with Crippen LogP contribution in [0.15, 0.2) is 17.8 Å². The van der Waals surface area contributed by atoms with E-state index in [0.29, 0.717) is 17.1 Å². The third kappa shape index (κ3) is 3.04. The molecule has 2 heterocycles. The van der Waals surface area contributed by atoms with Crippen LogP contribution in [0.2, 0.25) is 0 Å². The predicted octanol–water partition coefficient (Wildman–Crippen LogP) is 0.811. The van der Waals surface area contributed by atoms with E-state index in [0.717, 1.165) is 18.7 Å². The maximum atomic E-state index is 11.7. The first kappa shape index (κ1) is 11.6. The van der Waals surface area contributed by atoms with E-state index in [1.54, 1.807) is 11.4 Å². The fourth-order valence-corrected chi connectivity index (χ4v) is 2.13. The number of hydrogen-bond acceptors (Lipinski definition) is 5. The van der Waals surface area contributed by atoms with Gasteiger partial charge in [0.2, 0.25) is 0 Å². The van der Waals surface area contributed by atoms with Gasteiger partial charge in [0, 0.05) is 13.0 Å². The number of nitrogens with one attached hydrogen (secondary N) is 2. The zero-order chi connectivity index (χ0) is 12.1. The third-order valence-corrected chi connectivity index (χ3v) is 3.17. The maximum Gasteiger partial charge on any atom is 0.263 e. The summed E-state index contributed by atoms with van der Waals surface area (Å²) in [6.07, 6.45) is 3.05. The van der Waals surface area contributed by atoms with Gasteiger partial charge in [-0.1, -0.05) is 0 Å². The molecule has 2 aromatic rings. The summed E-state index contributed by atoms with van der Waals surface area (Å²) in [5.74, 6) is 0.713. The van der Waals surface area contributed by atoms with Crippen LogP contribution in [0.25, 0.3) is 0 Å². The number of aromatic nitrogens is 3. The molecule has 90 valence electrons. The van der Waals surface area contributed by atoms with Gasteiger partial charge in [0.05, 0.1) is 5.69 Å². The van der Waals surface area contributed by atoms with Crippen LogP contribution in [0.3, 0.4) is 0 Å². The Kier molecular flexibility index (Phi) is 3.71. The minimum atomic E-state index is -0.116. The lowest BCUT2D eigenvalue weighted by Gasteiger charge is -2.03. The molecule has 0 aliphatic heterocycles. The summed E-state index contributed by atoms with van der Waals surface area (Å²) in [4.78, 5) is 16.2. The molecule has 0 saturated heterocycles.